The number of para-hydroxylation sites is 1. The Morgan fingerprint density at radius 2 is 2.00 bits per heavy atom. The number of rotatable bonds is 2. The van der Waals surface area contributed by atoms with Crippen LogP contribution in [0.25, 0.3) is 0 Å². The summed E-state index contributed by atoms with van der Waals surface area (Å²) in [4.78, 5) is 4.29. The minimum Gasteiger partial charge on any atom is -0.392 e. The van der Waals surface area contributed by atoms with Crippen molar-refractivity contribution in [2.75, 3.05) is 0 Å². The van der Waals surface area contributed by atoms with Crippen molar-refractivity contribution in [2.24, 2.45) is 4.99 Å². The van der Waals surface area contributed by atoms with Crippen molar-refractivity contribution in [2.45, 2.75) is 20.5 Å². The monoisotopic (exact) mass is 163 g/mol. The van der Waals surface area contributed by atoms with Gasteiger partial charge in [-0.05, 0) is 19.9 Å². The van der Waals surface area contributed by atoms with E-state index in [4.69, 9.17) is 5.11 Å². The quantitative estimate of drug-likeness (QED) is 0.666. The van der Waals surface area contributed by atoms with Gasteiger partial charge >= 0.3 is 0 Å². The summed E-state index contributed by atoms with van der Waals surface area (Å²) in [6.07, 6.45) is 0. The van der Waals surface area contributed by atoms with E-state index in [2.05, 4.69) is 4.99 Å². The average Bonchev–Trinajstić information content (AvgIpc) is 2.04. The fourth-order valence-electron chi connectivity index (χ4n) is 0.995. The van der Waals surface area contributed by atoms with Crippen LogP contribution < -0.4 is 0 Å². The standard InChI is InChI=1S/C10H13NO/c1-8(2)11-10-6-4-3-5-9(10)7-12/h3-6,12H,7H2,1-2H3. The molecule has 2 heteroatoms. The molecule has 0 bridgehead atoms. The van der Waals surface area contributed by atoms with Crippen LogP contribution in [0.3, 0.4) is 0 Å². The molecule has 0 amide bonds. The van der Waals surface area contributed by atoms with Gasteiger partial charge < -0.3 is 5.11 Å². The van der Waals surface area contributed by atoms with Crippen molar-refractivity contribution >= 4 is 11.4 Å². The highest BCUT2D eigenvalue weighted by atomic mass is 16.3. The Balaban J connectivity index is 3.05. The minimum atomic E-state index is 0.0486. The number of hydrogen-bond donors (Lipinski definition) is 1. The molecule has 0 fully saturated rings. The highest BCUT2D eigenvalue weighted by molar-refractivity contribution is 5.82. The zero-order valence-corrected chi connectivity index (χ0v) is 7.41. The number of aliphatic hydroxyl groups excluding tert-OH is 1. The second kappa shape index (κ2) is 4.02. The molecule has 0 unspecified atom stereocenters. The summed E-state index contributed by atoms with van der Waals surface area (Å²) in [6.45, 7) is 3.93. The van der Waals surface area contributed by atoms with Gasteiger partial charge in [-0.25, -0.2) is 0 Å². The summed E-state index contributed by atoms with van der Waals surface area (Å²) < 4.78 is 0. The van der Waals surface area contributed by atoms with Crippen molar-refractivity contribution in [3.63, 3.8) is 0 Å². The molecule has 0 heterocycles. The number of aliphatic imine (C=N–C) groups is 1. The highest BCUT2D eigenvalue weighted by Crippen LogP contribution is 2.18. The van der Waals surface area contributed by atoms with E-state index in [1.54, 1.807) is 0 Å². The second-order valence-corrected chi connectivity index (χ2v) is 2.85. The van der Waals surface area contributed by atoms with Gasteiger partial charge in [0, 0.05) is 11.3 Å². The van der Waals surface area contributed by atoms with E-state index >= 15 is 0 Å². The summed E-state index contributed by atoms with van der Waals surface area (Å²) in [5.41, 5.74) is 2.73. The van der Waals surface area contributed by atoms with Crippen LogP contribution in [-0.2, 0) is 6.61 Å². The molecule has 1 N–H and O–H groups in total. The van der Waals surface area contributed by atoms with E-state index in [9.17, 15) is 0 Å². The van der Waals surface area contributed by atoms with E-state index < -0.39 is 0 Å². The Bertz CT molecular complexity index is 288. The molecule has 0 aromatic heterocycles. The van der Waals surface area contributed by atoms with Crippen LogP contribution in [-0.4, -0.2) is 10.8 Å². The average molecular weight is 163 g/mol. The van der Waals surface area contributed by atoms with Gasteiger partial charge in [0.2, 0.25) is 0 Å². The van der Waals surface area contributed by atoms with Gasteiger partial charge in [0.05, 0.1) is 12.3 Å². The molecule has 1 aromatic carbocycles. The Morgan fingerprint density at radius 1 is 1.33 bits per heavy atom. The van der Waals surface area contributed by atoms with E-state index in [-0.39, 0.29) is 6.61 Å². The zero-order chi connectivity index (χ0) is 8.97. The lowest BCUT2D eigenvalue weighted by Crippen LogP contribution is -1.85. The van der Waals surface area contributed by atoms with Gasteiger partial charge in [0.15, 0.2) is 0 Å². The van der Waals surface area contributed by atoms with Crippen molar-refractivity contribution < 1.29 is 5.11 Å². The molecule has 0 spiro atoms. The first-order valence-electron chi connectivity index (χ1n) is 3.94. The highest BCUT2D eigenvalue weighted by Gasteiger charge is 1.96. The van der Waals surface area contributed by atoms with Crippen LogP contribution >= 0.6 is 0 Å². The first kappa shape index (κ1) is 8.94. The molecule has 0 aliphatic rings. The Labute approximate surface area is 72.6 Å². The molecule has 64 valence electrons. The molecule has 1 rings (SSSR count). The van der Waals surface area contributed by atoms with Crippen molar-refractivity contribution in [1.29, 1.82) is 0 Å². The molecule has 0 aliphatic carbocycles. The summed E-state index contributed by atoms with van der Waals surface area (Å²) in [5.74, 6) is 0. The summed E-state index contributed by atoms with van der Waals surface area (Å²) in [6, 6.07) is 7.59. The molecular weight excluding hydrogens is 150 g/mol. The molecule has 2 nitrogen and oxygen atoms in total. The van der Waals surface area contributed by atoms with Crippen LogP contribution in [0, 0.1) is 0 Å². The van der Waals surface area contributed by atoms with Crippen LogP contribution in [0.1, 0.15) is 19.4 Å². The SMILES string of the molecule is CC(C)=Nc1ccccc1CO. The van der Waals surface area contributed by atoms with Crippen molar-refractivity contribution in [1.82, 2.24) is 0 Å². The van der Waals surface area contributed by atoms with Gasteiger partial charge in [-0.15, -0.1) is 0 Å². The lowest BCUT2D eigenvalue weighted by molar-refractivity contribution is 0.282. The number of hydrogen-bond acceptors (Lipinski definition) is 2. The summed E-state index contributed by atoms with van der Waals surface area (Å²) in [5, 5.41) is 8.96. The maximum absolute atomic E-state index is 8.96. The molecular formula is C10H13NO. The third-order valence-corrected chi connectivity index (χ3v) is 1.51. The van der Waals surface area contributed by atoms with E-state index in [0.717, 1.165) is 17.0 Å². The Morgan fingerprint density at radius 3 is 2.58 bits per heavy atom. The van der Waals surface area contributed by atoms with Gasteiger partial charge in [0.1, 0.15) is 0 Å². The number of nitrogens with zero attached hydrogens (tertiary/aromatic N) is 1. The van der Waals surface area contributed by atoms with E-state index in [1.807, 2.05) is 38.1 Å². The maximum atomic E-state index is 8.96. The van der Waals surface area contributed by atoms with Crippen LogP contribution in [0.15, 0.2) is 29.3 Å². The van der Waals surface area contributed by atoms with Crippen LogP contribution in [0.2, 0.25) is 0 Å². The first-order valence-corrected chi connectivity index (χ1v) is 3.94. The molecule has 0 saturated heterocycles. The smallest absolute Gasteiger partial charge is 0.0702 e. The number of benzene rings is 1. The summed E-state index contributed by atoms with van der Waals surface area (Å²) >= 11 is 0. The predicted octanol–water partition coefficient (Wildman–Crippen LogP) is 2.29. The fraction of sp³-hybridized carbons (Fsp3) is 0.300. The Kier molecular flexibility index (Phi) is 3.00. The number of aliphatic hydroxyl groups is 1. The minimum absolute atomic E-state index is 0.0486. The molecule has 1 aromatic rings. The largest absolute Gasteiger partial charge is 0.392 e. The molecule has 0 saturated carbocycles. The molecule has 0 aliphatic heterocycles. The summed E-state index contributed by atoms with van der Waals surface area (Å²) in [7, 11) is 0. The van der Waals surface area contributed by atoms with Crippen molar-refractivity contribution in [3.05, 3.63) is 29.8 Å². The van der Waals surface area contributed by atoms with Crippen LogP contribution in [0.4, 0.5) is 5.69 Å². The predicted molar refractivity (Wildman–Crippen MR) is 50.8 cm³/mol. The van der Waals surface area contributed by atoms with Gasteiger partial charge in [-0.2, -0.15) is 0 Å². The van der Waals surface area contributed by atoms with Gasteiger partial charge in [-0.3, -0.25) is 4.99 Å². The third-order valence-electron chi connectivity index (χ3n) is 1.51. The third kappa shape index (κ3) is 2.17. The topological polar surface area (TPSA) is 32.6 Å². The van der Waals surface area contributed by atoms with Crippen molar-refractivity contribution in [3.8, 4) is 0 Å². The van der Waals surface area contributed by atoms with Gasteiger partial charge in [0.25, 0.3) is 0 Å². The maximum Gasteiger partial charge on any atom is 0.0702 e. The normalized spacial score (nSPS) is 9.58. The fourth-order valence-corrected chi connectivity index (χ4v) is 0.995. The zero-order valence-electron chi connectivity index (χ0n) is 7.41. The molecule has 0 radical (unpaired) electrons. The van der Waals surface area contributed by atoms with Gasteiger partial charge in [-0.1, -0.05) is 18.2 Å². The molecule has 0 atom stereocenters. The Hall–Kier alpha value is -1.15. The second-order valence-electron chi connectivity index (χ2n) is 2.85. The molecule has 12 heavy (non-hydrogen) atoms. The first-order chi connectivity index (χ1) is 5.74. The van der Waals surface area contributed by atoms with E-state index in [1.165, 1.54) is 0 Å². The van der Waals surface area contributed by atoms with Crippen LogP contribution in [0.5, 0.6) is 0 Å². The lowest BCUT2D eigenvalue weighted by Gasteiger charge is -2.01. The lowest BCUT2D eigenvalue weighted by atomic mass is 10.2. The van der Waals surface area contributed by atoms with E-state index in [0.29, 0.717) is 0 Å².